The van der Waals surface area contributed by atoms with Gasteiger partial charge < -0.3 is 0 Å². The van der Waals surface area contributed by atoms with Gasteiger partial charge in [-0.3, -0.25) is 0 Å². The van der Waals surface area contributed by atoms with E-state index in [-0.39, 0.29) is 0 Å². The second kappa shape index (κ2) is 5.62. The molecule has 1 rings (SSSR count). The topological polar surface area (TPSA) is 0 Å². The predicted molar refractivity (Wildman–Crippen MR) is 63.9 cm³/mol. The van der Waals surface area contributed by atoms with E-state index in [1.807, 2.05) is 0 Å². The number of hydrogen-bond donors (Lipinski definition) is 0. The van der Waals surface area contributed by atoms with Gasteiger partial charge in [-0.25, -0.2) is 0 Å². The van der Waals surface area contributed by atoms with E-state index in [1.54, 1.807) is 0 Å². The molecule has 0 N–H and O–H groups in total. The maximum Gasteiger partial charge on any atom is 0.251 e. The highest BCUT2D eigenvalue weighted by molar-refractivity contribution is 7.45. The largest absolute Gasteiger partial charge is 0.251 e. The first kappa shape index (κ1) is 11.9. The highest BCUT2D eigenvalue weighted by atomic mass is 35.7. The van der Waals surface area contributed by atoms with Gasteiger partial charge in [0, 0.05) is 0 Å². The molecule has 0 aromatic rings. The minimum atomic E-state index is -1.82. The average Bonchev–Trinajstić information content (AvgIpc) is 2.17. The second-order valence-electron chi connectivity index (χ2n) is 4.25. The molecule has 3 heteroatoms. The molecule has 0 saturated heterocycles. The van der Waals surface area contributed by atoms with Crippen LogP contribution in [-0.2, 0) is 0 Å². The molecule has 1 aliphatic rings. The highest BCUT2D eigenvalue weighted by Gasteiger charge is 2.27. The molecule has 0 heterocycles. The maximum atomic E-state index is 6.24. The van der Waals surface area contributed by atoms with E-state index in [4.69, 9.17) is 22.2 Å². The Morgan fingerprint density at radius 3 is 2.31 bits per heavy atom. The first-order valence-corrected chi connectivity index (χ1v) is 9.95. The summed E-state index contributed by atoms with van der Waals surface area (Å²) in [5.74, 6) is 0.935. The monoisotopic (exact) mass is 238 g/mol. The molecule has 0 nitrogen and oxygen atoms in total. The molecule has 0 spiro atoms. The van der Waals surface area contributed by atoms with Gasteiger partial charge in [-0.05, 0) is 18.0 Å². The molecule has 0 bridgehead atoms. The van der Waals surface area contributed by atoms with Crippen LogP contribution in [0.25, 0.3) is 0 Å². The van der Waals surface area contributed by atoms with Crippen molar-refractivity contribution in [2.75, 3.05) is 0 Å². The van der Waals surface area contributed by atoms with Crippen LogP contribution >= 0.6 is 22.2 Å². The summed E-state index contributed by atoms with van der Waals surface area (Å²) in [6.07, 6.45) is 8.41. The van der Waals surface area contributed by atoms with Gasteiger partial charge in [0.2, 0.25) is 0 Å². The van der Waals surface area contributed by atoms with Crippen LogP contribution in [0.1, 0.15) is 45.4 Å². The van der Waals surface area contributed by atoms with Crippen LogP contribution in [0.3, 0.4) is 0 Å². The van der Waals surface area contributed by atoms with E-state index in [2.05, 4.69) is 6.92 Å². The Morgan fingerprint density at radius 1 is 1.15 bits per heavy atom. The molecule has 1 fully saturated rings. The number of hydrogen-bond acceptors (Lipinski definition) is 0. The van der Waals surface area contributed by atoms with E-state index in [0.717, 1.165) is 18.0 Å². The van der Waals surface area contributed by atoms with Crippen LogP contribution in [0.15, 0.2) is 0 Å². The van der Waals surface area contributed by atoms with Gasteiger partial charge in [-0.15, -0.1) is 22.2 Å². The normalized spacial score (nSPS) is 20.5. The Bertz CT molecular complexity index is 142. The van der Waals surface area contributed by atoms with Crippen molar-refractivity contribution in [2.45, 2.75) is 57.5 Å². The predicted octanol–water partition coefficient (Wildman–Crippen LogP) is 4.90. The quantitative estimate of drug-likeness (QED) is 0.483. The van der Waals surface area contributed by atoms with Crippen LogP contribution in [0.2, 0.25) is 12.1 Å². The van der Waals surface area contributed by atoms with E-state index >= 15 is 0 Å². The molecule has 0 unspecified atom stereocenters. The zero-order chi connectivity index (χ0) is 9.73. The molecule has 1 saturated carbocycles. The number of halogens is 2. The molecule has 1 aliphatic carbocycles. The van der Waals surface area contributed by atoms with Crippen LogP contribution in [0, 0.1) is 5.92 Å². The van der Waals surface area contributed by atoms with Crippen molar-refractivity contribution in [1.82, 2.24) is 0 Å². The van der Waals surface area contributed by atoms with E-state index < -0.39 is 6.69 Å². The standard InChI is InChI=1S/C10H20Cl2Si/c1-2-13(11,12)9-8-10-6-4-3-5-7-10/h10H,2-9H2,1H3. The molecule has 0 atom stereocenters. The van der Waals surface area contributed by atoms with Crippen molar-refractivity contribution in [3.05, 3.63) is 0 Å². The van der Waals surface area contributed by atoms with Gasteiger partial charge in [0.15, 0.2) is 0 Å². The van der Waals surface area contributed by atoms with Gasteiger partial charge >= 0.3 is 0 Å². The Hall–Kier alpha value is 0.797. The van der Waals surface area contributed by atoms with Crippen LogP contribution in [0.4, 0.5) is 0 Å². The van der Waals surface area contributed by atoms with Gasteiger partial charge in [-0.2, -0.15) is 0 Å². The first-order chi connectivity index (χ1) is 6.14. The van der Waals surface area contributed by atoms with Crippen molar-refractivity contribution in [1.29, 1.82) is 0 Å². The Morgan fingerprint density at radius 2 is 1.77 bits per heavy atom. The Kier molecular flexibility index (Phi) is 5.13. The lowest BCUT2D eigenvalue weighted by atomic mass is 9.88. The summed E-state index contributed by atoms with van der Waals surface area (Å²) in [5, 5.41) is 0. The molecular formula is C10H20Cl2Si. The fraction of sp³-hybridized carbons (Fsp3) is 1.00. The maximum absolute atomic E-state index is 6.24. The lowest BCUT2D eigenvalue weighted by molar-refractivity contribution is 0.349. The van der Waals surface area contributed by atoms with Crippen molar-refractivity contribution in [3.8, 4) is 0 Å². The van der Waals surface area contributed by atoms with Gasteiger partial charge in [0.25, 0.3) is 6.69 Å². The summed E-state index contributed by atoms with van der Waals surface area (Å²) in [6, 6.07) is 2.11. The summed E-state index contributed by atoms with van der Waals surface area (Å²) in [4.78, 5) is 0. The van der Waals surface area contributed by atoms with Crippen LogP contribution in [0.5, 0.6) is 0 Å². The fourth-order valence-corrected chi connectivity index (χ4v) is 3.91. The molecule has 0 aromatic heterocycles. The summed E-state index contributed by atoms with van der Waals surface area (Å²) in [6.45, 7) is 0.301. The zero-order valence-electron chi connectivity index (χ0n) is 8.49. The first-order valence-electron chi connectivity index (χ1n) is 5.52. The third-order valence-corrected chi connectivity index (χ3v) is 7.95. The molecule has 0 amide bonds. The smallest absolute Gasteiger partial charge is 0.146 e. The summed E-state index contributed by atoms with van der Waals surface area (Å²) in [7, 11) is 0. The van der Waals surface area contributed by atoms with Crippen molar-refractivity contribution in [3.63, 3.8) is 0 Å². The van der Waals surface area contributed by atoms with Crippen molar-refractivity contribution >= 4 is 28.9 Å². The minimum absolute atomic E-state index is 0.935. The molecule has 0 radical (unpaired) electrons. The molecule has 0 aromatic carbocycles. The van der Waals surface area contributed by atoms with Crippen molar-refractivity contribution in [2.24, 2.45) is 5.92 Å². The third-order valence-electron chi connectivity index (χ3n) is 3.16. The highest BCUT2D eigenvalue weighted by Crippen LogP contribution is 2.33. The lowest BCUT2D eigenvalue weighted by Crippen LogP contribution is -2.19. The zero-order valence-corrected chi connectivity index (χ0v) is 11.0. The van der Waals surface area contributed by atoms with Crippen molar-refractivity contribution < 1.29 is 0 Å². The average molecular weight is 239 g/mol. The second-order valence-corrected chi connectivity index (χ2v) is 12.1. The SMILES string of the molecule is CC[Si](Cl)(Cl)CCC1CCCCC1. The summed E-state index contributed by atoms with van der Waals surface area (Å²) < 4.78 is 0. The van der Waals surface area contributed by atoms with Gasteiger partial charge in [0.05, 0.1) is 0 Å². The van der Waals surface area contributed by atoms with Crippen LogP contribution < -0.4 is 0 Å². The summed E-state index contributed by atoms with van der Waals surface area (Å²) >= 11 is 12.5. The van der Waals surface area contributed by atoms with E-state index in [9.17, 15) is 0 Å². The van der Waals surface area contributed by atoms with E-state index in [1.165, 1.54) is 38.5 Å². The van der Waals surface area contributed by atoms with Crippen LogP contribution in [-0.4, -0.2) is 6.69 Å². The van der Waals surface area contributed by atoms with Gasteiger partial charge in [0.1, 0.15) is 0 Å². The minimum Gasteiger partial charge on any atom is -0.146 e. The molecule has 0 aliphatic heterocycles. The summed E-state index contributed by atoms with van der Waals surface area (Å²) in [5.41, 5.74) is 0. The molecule has 78 valence electrons. The fourth-order valence-electron chi connectivity index (χ4n) is 2.07. The van der Waals surface area contributed by atoms with Gasteiger partial charge in [-0.1, -0.05) is 45.4 Å². The van der Waals surface area contributed by atoms with E-state index in [0.29, 0.717) is 0 Å². The Labute approximate surface area is 92.4 Å². The lowest BCUT2D eigenvalue weighted by Gasteiger charge is -2.23. The third kappa shape index (κ3) is 4.71. The Balaban J connectivity index is 2.17. The molecule has 13 heavy (non-hydrogen) atoms. The molecular weight excluding hydrogens is 219 g/mol. The number of rotatable bonds is 4.